The van der Waals surface area contributed by atoms with Crippen molar-refractivity contribution in [1.82, 2.24) is 25.7 Å². The maximum absolute atomic E-state index is 12.9. The summed E-state index contributed by atoms with van der Waals surface area (Å²) in [6, 6.07) is 2.91. The SMILES string of the molecule is CC(C(=O)NC(CNC(=O)C1Cc2nn(C)cc2C(=O)N1)C1CCOC1)c1ccc(Br)s1. The quantitative estimate of drug-likeness (QED) is 0.506. The molecule has 0 aromatic carbocycles. The van der Waals surface area contributed by atoms with Gasteiger partial charge < -0.3 is 20.7 Å². The number of aromatic nitrogens is 2. The second-order valence-electron chi connectivity index (χ2n) is 8.24. The number of hydrogen-bond acceptors (Lipinski definition) is 6. The molecule has 0 radical (unpaired) electrons. The molecule has 32 heavy (non-hydrogen) atoms. The van der Waals surface area contributed by atoms with Gasteiger partial charge in [0.2, 0.25) is 11.8 Å². The molecule has 4 heterocycles. The standard InChI is InChI=1S/C21H26BrN5O4S/c1-11(17-3-4-18(22)32-17)19(28)25-16(12-5-6-31-10-12)8-23-21(30)15-7-14-13(20(29)24-15)9-27(2)26-14/h3-4,9,11-12,15-16H,5-8,10H2,1-2H3,(H,23,30)(H,24,29)(H,25,28). The van der Waals surface area contributed by atoms with E-state index in [9.17, 15) is 14.4 Å². The highest BCUT2D eigenvalue weighted by atomic mass is 79.9. The number of carbonyl (C=O) groups is 3. The summed E-state index contributed by atoms with van der Waals surface area (Å²) in [7, 11) is 1.74. The summed E-state index contributed by atoms with van der Waals surface area (Å²) in [6.07, 6.45) is 2.80. The molecular weight excluding hydrogens is 498 g/mol. The van der Waals surface area contributed by atoms with E-state index in [2.05, 4.69) is 37.0 Å². The van der Waals surface area contributed by atoms with Gasteiger partial charge in [0.25, 0.3) is 5.91 Å². The number of hydrogen-bond donors (Lipinski definition) is 3. The fraction of sp³-hybridized carbons (Fsp3) is 0.524. The lowest BCUT2D eigenvalue weighted by Gasteiger charge is -2.27. The molecule has 4 unspecified atom stereocenters. The fourth-order valence-corrected chi connectivity index (χ4v) is 5.52. The van der Waals surface area contributed by atoms with Gasteiger partial charge in [-0.05, 0) is 41.4 Å². The Labute approximate surface area is 198 Å². The van der Waals surface area contributed by atoms with Crippen molar-refractivity contribution < 1.29 is 19.1 Å². The summed E-state index contributed by atoms with van der Waals surface area (Å²) in [4.78, 5) is 39.0. The third kappa shape index (κ3) is 5.05. The second kappa shape index (κ2) is 9.72. The molecule has 2 aromatic rings. The van der Waals surface area contributed by atoms with Crippen molar-refractivity contribution in [2.24, 2.45) is 13.0 Å². The molecule has 1 fully saturated rings. The zero-order chi connectivity index (χ0) is 22.8. The Hall–Kier alpha value is -2.24. The normalized spacial score (nSPS) is 22.0. The van der Waals surface area contributed by atoms with Gasteiger partial charge in [-0.3, -0.25) is 19.1 Å². The molecule has 0 bridgehead atoms. The number of amides is 3. The third-order valence-corrected chi connectivity index (χ3v) is 7.75. The number of fused-ring (bicyclic) bond motifs is 1. The van der Waals surface area contributed by atoms with Crippen LogP contribution in [0.3, 0.4) is 0 Å². The molecule has 3 amide bonds. The van der Waals surface area contributed by atoms with E-state index in [1.54, 1.807) is 17.9 Å². The Morgan fingerprint density at radius 1 is 1.44 bits per heavy atom. The molecule has 4 atom stereocenters. The summed E-state index contributed by atoms with van der Waals surface area (Å²) in [5.41, 5.74) is 1.11. The van der Waals surface area contributed by atoms with Crippen LogP contribution in [0.15, 0.2) is 22.1 Å². The lowest BCUT2D eigenvalue weighted by Crippen LogP contribution is -2.55. The van der Waals surface area contributed by atoms with Crippen LogP contribution in [0.1, 0.15) is 40.2 Å². The highest BCUT2D eigenvalue weighted by Crippen LogP contribution is 2.29. The minimum atomic E-state index is -0.691. The molecule has 2 aliphatic heterocycles. The average Bonchev–Trinajstić information content (AvgIpc) is 3.50. The van der Waals surface area contributed by atoms with E-state index in [0.717, 1.165) is 15.1 Å². The van der Waals surface area contributed by atoms with Crippen LogP contribution in [0.2, 0.25) is 0 Å². The van der Waals surface area contributed by atoms with Crippen LogP contribution in [-0.4, -0.2) is 59.3 Å². The van der Waals surface area contributed by atoms with Crippen molar-refractivity contribution >= 4 is 45.0 Å². The Kier molecular flexibility index (Phi) is 6.96. The largest absolute Gasteiger partial charge is 0.381 e. The highest BCUT2D eigenvalue weighted by molar-refractivity contribution is 9.11. The van der Waals surface area contributed by atoms with Gasteiger partial charge in [-0.1, -0.05) is 0 Å². The Balaban J connectivity index is 1.38. The van der Waals surface area contributed by atoms with Gasteiger partial charge in [0.1, 0.15) is 6.04 Å². The van der Waals surface area contributed by atoms with E-state index >= 15 is 0 Å². The van der Waals surface area contributed by atoms with Crippen LogP contribution in [0, 0.1) is 5.92 Å². The number of halogens is 1. The van der Waals surface area contributed by atoms with E-state index < -0.39 is 6.04 Å². The predicted octanol–water partition coefficient (Wildman–Crippen LogP) is 1.34. The predicted molar refractivity (Wildman–Crippen MR) is 122 cm³/mol. The number of nitrogens with one attached hydrogen (secondary N) is 3. The lowest BCUT2D eigenvalue weighted by atomic mass is 9.97. The zero-order valence-corrected chi connectivity index (χ0v) is 20.3. The van der Waals surface area contributed by atoms with Crippen LogP contribution < -0.4 is 16.0 Å². The first-order valence-electron chi connectivity index (χ1n) is 10.6. The summed E-state index contributed by atoms with van der Waals surface area (Å²) in [5, 5.41) is 13.0. The first kappa shape index (κ1) is 22.9. The van der Waals surface area contributed by atoms with Gasteiger partial charge in [0.15, 0.2) is 0 Å². The van der Waals surface area contributed by atoms with Gasteiger partial charge in [0.05, 0.1) is 33.6 Å². The second-order valence-corrected chi connectivity index (χ2v) is 10.7. The molecule has 0 aliphatic carbocycles. The molecular formula is C21H26BrN5O4S. The van der Waals surface area contributed by atoms with E-state index in [0.29, 0.717) is 30.9 Å². The van der Waals surface area contributed by atoms with Crippen molar-refractivity contribution in [2.45, 2.75) is 37.8 Å². The highest BCUT2D eigenvalue weighted by Gasteiger charge is 2.33. The Bertz CT molecular complexity index is 1020. The zero-order valence-electron chi connectivity index (χ0n) is 17.9. The first-order chi connectivity index (χ1) is 15.3. The minimum Gasteiger partial charge on any atom is -0.381 e. The van der Waals surface area contributed by atoms with Crippen molar-refractivity contribution in [3.05, 3.63) is 38.3 Å². The molecule has 172 valence electrons. The van der Waals surface area contributed by atoms with Crippen LogP contribution in [-0.2, 0) is 27.8 Å². The van der Waals surface area contributed by atoms with Gasteiger partial charge in [-0.15, -0.1) is 11.3 Å². The fourth-order valence-electron chi connectivity index (χ4n) is 4.05. The molecule has 1 saturated heterocycles. The Morgan fingerprint density at radius 3 is 2.94 bits per heavy atom. The van der Waals surface area contributed by atoms with Crippen molar-refractivity contribution in [3.63, 3.8) is 0 Å². The first-order valence-corrected chi connectivity index (χ1v) is 12.2. The van der Waals surface area contributed by atoms with Crippen LogP contribution in [0.25, 0.3) is 0 Å². The van der Waals surface area contributed by atoms with Crippen LogP contribution in [0.4, 0.5) is 0 Å². The van der Waals surface area contributed by atoms with Crippen LogP contribution >= 0.6 is 27.3 Å². The molecule has 11 heteroatoms. The minimum absolute atomic E-state index is 0.0883. The Morgan fingerprint density at radius 2 is 2.25 bits per heavy atom. The van der Waals surface area contributed by atoms with E-state index in [-0.39, 0.29) is 42.1 Å². The van der Waals surface area contributed by atoms with Gasteiger partial charge in [0, 0.05) is 43.6 Å². The number of thiophene rings is 1. The number of carbonyl (C=O) groups excluding carboxylic acids is 3. The third-order valence-electron chi connectivity index (χ3n) is 5.94. The molecule has 0 saturated carbocycles. The number of ether oxygens (including phenoxy) is 1. The maximum Gasteiger partial charge on any atom is 0.255 e. The average molecular weight is 524 g/mol. The smallest absolute Gasteiger partial charge is 0.255 e. The number of nitrogens with zero attached hydrogens (tertiary/aromatic N) is 2. The summed E-state index contributed by atoms with van der Waals surface area (Å²) < 4.78 is 8.06. The molecule has 3 N–H and O–H groups in total. The van der Waals surface area contributed by atoms with Crippen LogP contribution in [0.5, 0.6) is 0 Å². The topological polar surface area (TPSA) is 114 Å². The molecule has 2 aliphatic rings. The summed E-state index contributed by atoms with van der Waals surface area (Å²) in [5.74, 6) is -0.862. The van der Waals surface area contributed by atoms with Gasteiger partial charge >= 0.3 is 0 Å². The summed E-state index contributed by atoms with van der Waals surface area (Å²) >= 11 is 4.97. The van der Waals surface area contributed by atoms with Gasteiger partial charge in [-0.25, -0.2) is 0 Å². The van der Waals surface area contributed by atoms with E-state index in [1.807, 2.05) is 19.1 Å². The maximum atomic E-state index is 12.9. The monoisotopic (exact) mass is 523 g/mol. The van der Waals surface area contributed by atoms with Crippen molar-refractivity contribution in [1.29, 1.82) is 0 Å². The number of rotatable bonds is 7. The molecule has 2 aromatic heterocycles. The molecule has 4 rings (SSSR count). The molecule has 9 nitrogen and oxygen atoms in total. The number of aryl methyl sites for hydroxylation is 1. The van der Waals surface area contributed by atoms with E-state index in [1.165, 1.54) is 11.3 Å². The van der Waals surface area contributed by atoms with E-state index in [4.69, 9.17) is 4.74 Å². The van der Waals surface area contributed by atoms with Crippen molar-refractivity contribution in [2.75, 3.05) is 19.8 Å². The molecule has 0 spiro atoms. The van der Waals surface area contributed by atoms with Crippen molar-refractivity contribution in [3.8, 4) is 0 Å². The van der Waals surface area contributed by atoms with Gasteiger partial charge in [-0.2, -0.15) is 5.10 Å². The lowest BCUT2D eigenvalue weighted by molar-refractivity contribution is -0.125. The summed E-state index contributed by atoms with van der Waals surface area (Å²) in [6.45, 7) is 3.31.